The maximum atomic E-state index is 12.2. The van der Waals surface area contributed by atoms with Gasteiger partial charge in [0, 0.05) is 25.0 Å². The molecular weight excluding hydrogens is 238 g/mol. The van der Waals surface area contributed by atoms with Crippen LogP contribution in [0.3, 0.4) is 0 Å². The van der Waals surface area contributed by atoms with E-state index in [2.05, 4.69) is 10.2 Å². The van der Waals surface area contributed by atoms with E-state index in [0.717, 1.165) is 25.3 Å². The van der Waals surface area contributed by atoms with Crippen molar-refractivity contribution < 1.29 is 4.79 Å². The predicted octanol–water partition coefficient (Wildman–Crippen LogP) is 1.10. The molecule has 0 spiro atoms. The van der Waals surface area contributed by atoms with Crippen molar-refractivity contribution in [1.29, 1.82) is 0 Å². The van der Waals surface area contributed by atoms with Crippen LogP contribution in [-0.4, -0.2) is 42.5 Å². The number of nitrogens with one attached hydrogen (secondary N) is 1. The van der Waals surface area contributed by atoms with Crippen LogP contribution >= 0.6 is 0 Å². The lowest BCUT2D eigenvalue weighted by Crippen LogP contribution is -2.57. The molecule has 1 saturated carbocycles. The third kappa shape index (κ3) is 3.29. The van der Waals surface area contributed by atoms with E-state index < -0.39 is 0 Å². The Labute approximate surface area is 116 Å². The highest BCUT2D eigenvalue weighted by atomic mass is 16.1. The molecule has 2 bridgehead atoms. The third-order valence-electron chi connectivity index (χ3n) is 5.30. The van der Waals surface area contributed by atoms with E-state index in [1.807, 2.05) is 0 Å². The highest BCUT2D eigenvalue weighted by Crippen LogP contribution is 2.29. The molecule has 3 N–H and O–H groups in total. The van der Waals surface area contributed by atoms with Gasteiger partial charge in [-0.1, -0.05) is 6.42 Å². The molecule has 4 rings (SSSR count). The van der Waals surface area contributed by atoms with E-state index in [4.69, 9.17) is 5.73 Å². The number of nitrogens with zero attached hydrogens (tertiary/aromatic N) is 1. The molecule has 3 saturated heterocycles. The topological polar surface area (TPSA) is 58.4 Å². The van der Waals surface area contributed by atoms with Crippen LogP contribution in [0.5, 0.6) is 0 Å². The van der Waals surface area contributed by atoms with Crippen LogP contribution < -0.4 is 11.1 Å². The first-order valence-corrected chi connectivity index (χ1v) is 7.98. The Kier molecular flexibility index (Phi) is 4.08. The summed E-state index contributed by atoms with van der Waals surface area (Å²) in [6, 6.07) is 0.732. The predicted molar refractivity (Wildman–Crippen MR) is 75.6 cm³/mol. The van der Waals surface area contributed by atoms with Crippen LogP contribution in [0, 0.1) is 11.8 Å². The summed E-state index contributed by atoms with van der Waals surface area (Å²) in [6.45, 7) is 3.53. The van der Waals surface area contributed by atoms with E-state index in [1.54, 1.807) is 0 Å². The minimum Gasteiger partial charge on any atom is -0.352 e. The van der Waals surface area contributed by atoms with Gasteiger partial charge in [-0.15, -0.1) is 0 Å². The first-order chi connectivity index (χ1) is 9.20. The Hall–Kier alpha value is -0.610. The molecule has 4 fully saturated rings. The monoisotopic (exact) mass is 265 g/mol. The van der Waals surface area contributed by atoms with Gasteiger partial charge in [-0.2, -0.15) is 0 Å². The lowest BCUT2D eigenvalue weighted by Gasteiger charge is -2.45. The average molecular weight is 265 g/mol. The maximum absolute atomic E-state index is 12.2. The lowest BCUT2D eigenvalue weighted by molar-refractivity contribution is -0.124. The van der Waals surface area contributed by atoms with Crippen LogP contribution in [0.25, 0.3) is 0 Å². The van der Waals surface area contributed by atoms with Crippen molar-refractivity contribution in [2.75, 3.05) is 19.6 Å². The van der Waals surface area contributed by atoms with Gasteiger partial charge in [0.05, 0.1) is 0 Å². The first-order valence-electron chi connectivity index (χ1n) is 7.98. The second-order valence-corrected chi connectivity index (χ2v) is 6.81. The second-order valence-electron chi connectivity index (χ2n) is 6.81. The minimum absolute atomic E-state index is 0.262. The van der Waals surface area contributed by atoms with Gasteiger partial charge in [0.1, 0.15) is 0 Å². The number of carbonyl (C=O) groups is 1. The normalized spacial score (nSPS) is 42.1. The van der Waals surface area contributed by atoms with Gasteiger partial charge in [-0.3, -0.25) is 4.79 Å². The summed E-state index contributed by atoms with van der Waals surface area (Å²) in [5.41, 5.74) is 6.00. The zero-order chi connectivity index (χ0) is 13.2. The lowest BCUT2D eigenvalue weighted by atomic mass is 9.82. The van der Waals surface area contributed by atoms with E-state index >= 15 is 0 Å². The van der Waals surface area contributed by atoms with Crippen molar-refractivity contribution in [2.24, 2.45) is 17.6 Å². The van der Waals surface area contributed by atoms with Gasteiger partial charge >= 0.3 is 0 Å². The summed E-state index contributed by atoms with van der Waals surface area (Å²) in [6.07, 6.45) is 7.77. The fraction of sp³-hybridized carbons (Fsp3) is 0.933. The third-order valence-corrected chi connectivity index (χ3v) is 5.30. The molecule has 0 aromatic carbocycles. The summed E-state index contributed by atoms with van der Waals surface area (Å²) >= 11 is 0. The zero-order valence-electron chi connectivity index (χ0n) is 11.8. The highest BCUT2D eigenvalue weighted by molar-refractivity contribution is 5.76. The Morgan fingerprint density at radius 3 is 2.63 bits per heavy atom. The largest absolute Gasteiger partial charge is 0.352 e. The Balaban J connectivity index is 1.46. The number of amides is 1. The smallest absolute Gasteiger partial charge is 0.220 e. The molecule has 3 atom stereocenters. The molecule has 1 amide bonds. The SMILES string of the molecule is NC1CCCC(CC(=O)NC2CN3CCC2CC3)C1. The molecule has 108 valence electrons. The maximum Gasteiger partial charge on any atom is 0.220 e. The van der Waals surface area contributed by atoms with Crippen molar-refractivity contribution in [3.63, 3.8) is 0 Å². The molecule has 3 unspecified atom stereocenters. The number of nitrogens with two attached hydrogens (primary N) is 1. The van der Waals surface area contributed by atoms with Gasteiger partial charge in [-0.05, 0) is 57.0 Å². The van der Waals surface area contributed by atoms with Crippen LogP contribution in [-0.2, 0) is 4.79 Å². The van der Waals surface area contributed by atoms with Gasteiger partial charge in [-0.25, -0.2) is 0 Å². The number of rotatable bonds is 3. The van der Waals surface area contributed by atoms with Crippen LogP contribution in [0.1, 0.15) is 44.9 Å². The van der Waals surface area contributed by atoms with Crippen LogP contribution in [0.15, 0.2) is 0 Å². The van der Waals surface area contributed by atoms with Gasteiger partial charge < -0.3 is 16.0 Å². The summed E-state index contributed by atoms with van der Waals surface area (Å²) in [4.78, 5) is 14.7. The van der Waals surface area contributed by atoms with Crippen molar-refractivity contribution >= 4 is 5.91 Å². The number of carbonyl (C=O) groups excluding carboxylic acids is 1. The Morgan fingerprint density at radius 1 is 1.21 bits per heavy atom. The number of hydrogen-bond donors (Lipinski definition) is 2. The number of piperidine rings is 3. The molecule has 4 heteroatoms. The molecule has 0 radical (unpaired) electrons. The molecule has 4 nitrogen and oxygen atoms in total. The summed E-state index contributed by atoms with van der Waals surface area (Å²) in [5, 5.41) is 3.29. The highest BCUT2D eigenvalue weighted by Gasteiger charge is 2.35. The fourth-order valence-electron chi connectivity index (χ4n) is 4.17. The summed E-state index contributed by atoms with van der Waals surface area (Å²) in [7, 11) is 0. The second kappa shape index (κ2) is 5.80. The summed E-state index contributed by atoms with van der Waals surface area (Å²) in [5.74, 6) is 1.50. The molecule has 3 aliphatic heterocycles. The van der Waals surface area contributed by atoms with E-state index in [1.165, 1.54) is 38.8 Å². The average Bonchev–Trinajstić information content (AvgIpc) is 2.40. The zero-order valence-corrected chi connectivity index (χ0v) is 11.8. The van der Waals surface area contributed by atoms with Crippen molar-refractivity contribution in [3.8, 4) is 0 Å². The quantitative estimate of drug-likeness (QED) is 0.803. The molecule has 0 aromatic rings. The van der Waals surface area contributed by atoms with Gasteiger partial charge in [0.2, 0.25) is 5.91 Å². The molecule has 3 heterocycles. The molecule has 4 aliphatic rings. The molecular formula is C15H27N3O. The van der Waals surface area contributed by atoms with E-state index in [9.17, 15) is 4.79 Å². The van der Waals surface area contributed by atoms with E-state index in [0.29, 0.717) is 24.4 Å². The van der Waals surface area contributed by atoms with E-state index in [-0.39, 0.29) is 5.91 Å². The van der Waals surface area contributed by atoms with Crippen molar-refractivity contribution in [1.82, 2.24) is 10.2 Å². The first kappa shape index (κ1) is 13.4. The Bertz CT molecular complexity index is 325. The molecule has 1 aliphatic carbocycles. The molecule has 0 aromatic heterocycles. The minimum atomic E-state index is 0.262. The van der Waals surface area contributed by atoms with Gasteiger partial charge in [0.15, 0.2) is 0 Å². The fourth-order valence-corrected chi connectivity index (χ4v) is 4.17. The van der Waals surface area contributed by atoms with Gasteiger partial charge in [0.25, 0.3) is 0 Å². The summed E-state index contributed by atoms with van der Waals surface area (Å²) < 4.78 is 0. The van der Waals surface area contributed by atoms with Crippen LogP contribution in [0.2, 0.25) is 0 Å². The Morgan fingerprint density at radius 2 is 2.00 bits per heavy atom. The molecule has 19 heavy (non-hydrogen) atoms. The number of fused-ring (bicyclic) bond motifs is 3. The van der Waals surface area contributed by atoms with Crippen molar-refractivity contribution in [3.05, 3.63) is 0 Å². The number of hydrogen-bond acceptors (Lipinski definition) is 3. The van der Waals surface area contributed by atoms with Crippen LogP contribution in [0.4, 0.5) is 0 Å². The van der Waals surface area contributed by atoms with Crippen molar-refractivity contribution in [2.45, 2.75) is 57.0 Å². The standard InChI is InChI=1S/C15H27N3O/c16-13-3-1-2-11(8-13)9-15(19)17-14-10-18-6-4-12(14)5-7-18/h11-14H,1-10,16H2,(H,17,19).